The fourth-order valence-corrected chi connectivity index (χ4v) is 4.63. The summed E-state index contributed by atoms with van der Waals surface area (Å²) in [4.78, 5) is 14.0. The van der Waals surface area contributed by atoms with Crippen molar-refractivity contribution in [2.75, 3.05) is 40.3 Å². The zero-order valence-corrected chi connectivity index (χ0v) is 20.4. The Morgan fingerprint density at radius 1 is 0.690 bits per heavy atom. The van der Waals surface area contributed by atoms with E-state index in [0.29, 0.717) is 5.91 Å². The number of quaternary nitrogens is 1. The van der Waals surface area contributed by atoms with E-state index in [-0.39, 0.29) is 0 Å². The molecule has 1 aliphatic rings. The molecule has 29 heavy (non-hydrogen) atoms. The van der Waals surface area contributed by atoms with Crippen LogP contribution in [0.2, 0.25) is 0 Å². The molecular formula is C26H53N2O+. The number of piperidine rings is 1. The molecule has 0 spiro atoms. The molecule has 1 saturated heterocycles. The van der Waals surface area contributed by atoms with Crippen molar-refractivity contribution in [3.8, 4) is 0 Å². The van der Waals surface area contributed by atoms with Crippen molar-refractivity contribution in [2.24, 2.45) is 0 Å². The largest absolute Gasteiger partial charge is 0.342 e. The van der Waals surface area contributed by atoms with Gasteiger partial charge in [0.15, 0.2) is 0 Å². The van der Waals surface area contributed by atoms with Crippen LogP contribution in [0, 0.1) is 0 Å². The topological polar surface area (TPSA) is 20.3 Å². The third kappa shape index (κ3) is 15.0. The Morgan fingerprint density at radius 2 is 1.17 bits per heavy atom. The lowest BCUT2D eigenvalue weighted by molar-refractivity contribution is -0.890. The van der Waals surface area contributed by atoms with E-state index in [2.05, 4.69) is 25.9 Å². The van der Waals surface area contributed by atoms with Gasteiger partial charge in [-0.2, -0.15) is 0 Å². The molecule has 0 aromatic heterocycles. The zero-order valence-electron chi connectivity index (χ0n) is 20.4. The monoisotopic (exact) mass is 409 g/mol. The maximum atomic E-state index is 11.9. The van der Waals surface area contributed by atoms with Gasteiger partial charge in [-0.05, 0) is 25.7 Å². The molecule has 1 amide bonds. The molecule has 3 heteroatoms. The Bertz CT molecular complexity index is 394. The Morgan fingerprint density at radius 3 is 1.69 bits per heavy atom. The summed E-state index contributed by atoms with van der Waals surface area (Å²) in [6.45, 7) is 6.74. The molecule has 1 fully saturated rings. The smallest absolute Gasteiger partial charge is 0.222 e. The molecular weight excluding hydrogens is 356 g/mol. The number of amides is 1. The van der Waals surface area contributed by atoms with Crippen LogP contribution in [0.15, 0.2) is 0 Å². The summed E-state index contributed by atoms with van der Waals surface area (Å²) >= 11 is 0. The zero-order chi connectivity index (χ0) is 21.2. The predicted molar refractivity (Wildman–Crippen MR) is 127 cm³/mol. The second-order valence-corrected chi connectivity index (χ2v) is 10.2. The van der Waals surface area contributed by atoms with Gasteiger partial charge in [-0.25, -0.2) is 0 Å². The number of rotatable bonds is 19. The molecule has 1 heterocycles. The minimum atomic E-state index is 0.383. The summed E-state index contributed by atoms with van der Waals surface area (Å²) in [6.07, 6.45) is 24.2. The van der Waals surface area contributed by atoms with Gasteiger partial charge in [0.2, 0.25) is 5.91 Å². The van der Waals surface area contributed by atoms with Crippen LogP contribution in [0.5, 0.6) is 0 Å². The van der Waals surface area contributed by atoms with Gasteiger partial charge in [0, 0.05) is 25.9 Å². The molecule has 0 aromatic rings. The van der Waals surface area contributed by atoms with Gasteiger partial charge in [-0.1, -0.05) is 84.0 Å². The van der Waals surface area contributed by atoms with E-state index in [4.69, 9.17) is 0 Å². The average molecular weight is 410 g/mol. The van der Waals surface area contributed by atoms with Crippen molar-refractivity contribution in [3.05, 3.63) is 0 Å². The normalized spacial score (nSPS) is 15.3. The van der Waals surface area contributed by atoms with Crippen molar-refractivity contribution in [3.63, 3.8) is 0 Å². The van der Waals surface area contributed by atoms with Gasteiger partial charge in [0.05, 0.1) is 27.2 Å². The molecule has 0 atom stereocenters. The number of unbranched alkanes of at least 4 members (excludes halogenated alkanes) is 13. The molecule has 0 N–H and O–H groups in total. The lowest BCUT2D eigenvalue weighted by atomic mass is 10.0. The highest BCUT2D eigenvalue weighted by atomic mass is 16.2. The molecule has 0 bridgehead atoms. The van der Waals surface area contributed by atoms with Crippen LogP contribution in [-0.4, -0.2) is 55.6 Å². The number of nitrogens with zero attached hydrogens (tertiary/aromatic N) is 2. The minimum absolute atomic E-state index is 0.383. The van der Waals surface area contributed by atoms with Crippen molar-refractivity contribution in [1.29, 1.82) is 0 Å². The first-order valence-electron chi connectivity index (χ1n) is 13.1. The molecule has 172 valence electrons. The first-order valence-corrected chi connectivity index (χ1v) is 13.1. The second-order valence-electron chi connectivity index (χ2n) is 10.2. The van der Waals surface area contributed by atoms with Crippen LogP contribution in [0.25, 0.3) is 0 Å². The van der Waals surface area contributed by atoms with Gasteiger partial charge in [0.1, 0.15) is 0 Å². The molecule has 0 aliphatic carbocycles. The van der Waals surface area contributed by atoms with Crippen LogP contribution < -0.4 is 0 Å². The van der Waals surface area contributed by atoms with E-state index < -0.39 is 0 Å². The summed E-state index contributed by atoms with van der Waals surface area (Å²) in [6, 6.07) is 0. The number of likely N-dealkylation sites (tertiary alicyclic amines) is 1. The minimum Gasteiger partial charge on any atom is -0.342 e. The SMILES string of the molecule is CCCCCCCCCCCCCCCC[N+](C)(C)CCCN1CCCCC1=O. The van der Waals surface area contributed by atoms with Crippen LogP contribution in [0.1, 0.15) is 122 Å². The summed E-state index contributed by atoms with van der Waals surface area (Å²) in [5.41, 5.74) is 0. The van der Waals surface area contributed by atoms with E-state index in [1.54, 1.807) is 0 Å². The molecule has 1 aliphatic heterocycles. The number of carbonyl (C=O) groups is 1. The number of carbonyl (C=O) groups excluding carboxylic acids is 1. The van der Waals surface area contributed by atoms with E-state index in [1.165, 1.54) is 109 Å². The van der Waals surface area contributed by atoms with Crippen LogP contribution >= 0.6 is 0 Å². The molecule has 0 saturated carbocycles. The van der Waals surface area contributed by atoms with E-state index in [0.717, 1.165) is 36.8 Å². The van der Waals surface area contributed by atoms with E-state index in [1.807, 2.05) is 0 Å². The Balaban J connectivity index is 1.86. The van der Waals surface area contributed by atoms with Crippen LogP contribution in [0.3, 0.4) is 0 Å². The van der Waals surface area contributed by atoms with E-state index in [9.17, 15) is 4.79 Å². The fraction of sp³-hybridized carbons (Fsp3) is 0.962. The molecule has 3 nitrogen and oxygen atoms in total. The first kappa shape index (κ1) is 26.5. The van der Waals surface area contributed by atoms with Crippen molar-refractivity contribution < 1.29 is 9.28 Å². The Hall–Kier alpha value is -0.570. The maximum absolute atomic E-state index is 11.9. The van der Waals surface area contributed by atoms with Gasteiger partial charge >= 0.3 is 0 Å². The standard InChI is InChI=1S/C26H53N2O/c1-4-5-6-7-8-9-10-11-12-13-14-15-16-19-24-28(2,3)25-20-23-27-22-18-17-21-26(27)29/h4-25H2,1-3H3/q+1. The Kier molecular flexibility index (Phi) is 15.6. The summed E-state index contributed by atoms with van der Waals surface area (Å²) in [7, 11) is 4.72. The molecule has 0 unspecified atom stereocenters. The van der Waals surface area contributed by atoms with Gasteiger partial charge in [0.25, 0.3) is 0 Å². The maximum Gasteiger partial charge on any atom is 0.222 e. The quantitative estimate of drug-likeness (QED) is 0.167. The third-order valence-electron chi connectivity index (χ3n) is 6.73. The first-order chi connectivity index (χ1) is 14.0. The van der Waals surface area contributed by atoms with E-state index >= 15 is 0 Å². The summed E-state index contributed by atoms with van der Waals surface area (Å²) in [5, 5.41) is 0. The summed E-state index contributed by atoms with van der Waals surface area (Å²) < 4.78 is 1.11. The second kappa shape index (κ2) is 17.1. The molecule has 0 radical (unpaired) electrons. The number of hydrogen-bond acceptors (Lipinski definition) is 1. The molecule has 1 rings (SSSR count). The lowest BCUT2D eigenvalue weighted by Gasteiger charge is -2.32. The lowest BCUT2D eigenvalue weighted by Crippen LogP contribution is -2.43. The molecule has 0 aromatic carbocycles. The van der Waals surface area contributed by atoms with Crippen molar-refractivity contribution in [1.82, 2.24) is 4.90 Å². The fourth-order valence-electron chi connectivity index (χ4n) is 4.63. The van der Waals surface area contributed by atoms with Gasteiger partial charge in [-0.3, -0.25) is 4.79 Å². The summed E-state index contributed by atoms with van der Waals surface area (Å²) in [5.74, 6) is 0.383. The van der Waals surface area contributed by atoms with Crippen molar-refractivity contribution >= 4 is 5.91 Å². The van der Waals surface area contributed by atoms with Crippen LogP contribution in [0.4, 0.5) is 0 Å². The Labute approximate surface area is 183 Å². The highest BCUT2D eigenvalue weighted by Crippen LogP contribution is 2.14. The van der Waals surface area contributed by atoms with Gasteiger partial charge < -0.3 is 9.38 Å². The van der Waals surface area contributed by atoms with Gasteiger partial charge in [-0.15, -0.1) is 0 Å². The highest BCUT2D eigenvalue weighted by molar-refractivity contribution is 5.76. The number of hydrogen-bond donors (Lipinski definition) is 0. The highest BCUT2D eigenvalue weighted by Gasteiger charge is 2.19. The average Bonchev–Trinajstić information content (AvgIpc) is 2.69. The third-order valence-corrected chi connectivity index (χ3v) is 6.73. The predicted octanol–water partition coefficient (Wildman–Crippen LogP) is 6.95. The van der Waals surface area contributed by atoms with Crippen molar-refractivity contribution in [2.45, 2.75) is 122 Å². The van der Waals surface area contributed by atoms with Crippen LogP contribution in [-0.2, 0) is 4.79 Å².